The van der Waals surface area contributed by atoms with Crippen LogP contribution >= 0.6 is 0 Å². The summed E-state index contributed by atoms with van der Waals surface area (Å²) in [6.45, 7) is 3.66. The van der Waals surface area contributed by atoms with Gasteiger partial charge in [-0.2, -0.15) is 0 Å². The van der Waals surface area contributed by atoms with Gasteiger partial charge in [-0.1, -0.05) is 12.1 Å². The van der Waals surface area contributed by atoms with E-state index in [0.29, 0.717) is 26.4 Å². The van der Waals surface area contributed by atoms with Crippen LogP contribution in [-0.4, -0.2) is 46.6 Å². The van der Waals surface area contributed by atoms with E-state index in [0.717, 1.165) is 13.1 Å². The molecular weight excluding hydrogens is 237 g/mol. The lowest BCUT2D eigenvalue weighted by Gasteiger charge is -2.08. The second-order valence-corrected chi connectivity index (χ2v) is 3.63. The van der Waals surface area contributed by atoms with Gasteiger partial charge in [-0.15, -0.1) is 0 Å². The normalized spacial score (nSPS) is 10.6. The molecule has 0 bridgehead atoms. The molecule has 0 spiro atoms. The van der Waals surface area contributed by atoms with Gasteiger partial charge in [0.05, 0.1) is 19.8 Å². The predicted molar refractivity (Wildman–Crippen MR) is 67.5 cm³/mol. The van der Waals surface area contributed by atoms with Crippen molar-refractivity contribution in [3.05, 3.63) is 30.1 Å². The molecule has 4 nitrogen and oxygen atoms in total. The number of methoxy groups -OCH3 is 1. The third-order valence-corrected chi connectivity index (χ3v) is 2.23. The number of hydrogen-bond donors (Lipinski definition) is 1. The van der Waals surface area contributed by atoms with E-state index in [4.69, 9.17) is 14.2 Å². The molecule has 0 amide bonds. The Bertz CT molecular complexity index is 323. The highest BCUT2D eigenvalue weighted by molar-refractivity contribution is 5.23. The van der Waals surface area contributed by atoms with Gasteiger partial charge in [0.25, 0.3) is 0 Å². The molecule has 18 heavy (non-hydrogen) atoms. The maximum Gasteiger partial charge on any atom is 0.165 e. The van der Waals surface area contributed by atoms with Crippen molar-refractivity contribution in [1.29, 1.82) is 0 Å². The Balaban J connectivity index is 1.94. The van der Waals surface area contributed by atoms with Crippen LogP contribution in [0.5, 0.6) is 5.75 Å². The van der Waals surface area contributed by atoms with Gasteiger partial charge in [0, 0.05) is 20.2 Å². The second-order valence-electron chi connectivity index (χ2n) is 3.63. The van der Waals surface area contributed by atoms with Crippen molar-refractivity contribution in [2.45, 2.75) is 0 Å². The highest BCUT2D eigenvalue weighted by Gasteiger charge is 2.00. The third kappa shape index (κ3) is 6.54. The van der Waals surface area contributed by atoms with Crippen molar-refractivity contribution in [2.24, 2.45) is 0 Å². The first-order chi connectivity index (χ1) is 8.84. The minimum atomic E-state index is -0.348. The molecule has 0 aliphatic rings. The largest absolute Gasteiger partial charge is 0.488 e. The summed E-state index contributed by atoms with van der Waals surface area (Å²) in [6, 6.07) is 6.33. The number of ether oxygens (including phenoxy) is 3. The van der Waals surface area contributed by atoms with Crippen LogP contribution in [0, 0.1) is 5.82 Å². The van der Waals surface area contributed by atoms with Crippen molar-refractivity contribution in [3.63, 3.8) is 0 Å². The van der Waals surface area contributed by atoms with E-state index in [1.807, 2.05) is 0 Å². The van der Waals surface area contributed by atoms with Gasteiger partial charge in [-0.25, -0.2) is 4.39 Å². The van der Waals surface area contributed by atoms with Crippen molar-refractivity contribution >= 4 is 0 Å². The van der Waals surface area contributed by atoms with Crippen molar-refractivity contribution in [2.75, 3.05) is 46.6 Å². The van der Waals surface area contributed by atoms with Crippen molar-refractivity contribution in [1.82, 2.24) is 5.32 Å². The molecule has 0 aromatic heterocycles. The first-order valence-corrected chi connectivity index (χ1v) is 5.99. The average molecular weight is 257 g/mol. The van der Waals surface area contributed by atoms with Gasteiger partial charge in [0.15, 0.2) is 11.6 Å². The standard InChI is InChI=1S/C13H20FNO3/c1-16-8-6-15-7-9-17-10-11-18-13-5-3-2-4-12(13)14/h2-5,15H,6-11H2,1H3. The molecule has 102 valence electrons. The summed E-state index contributed by atoms with van der Waals surface area (Å²) in [4.78, 5) is 0. The summed E-state index contributed by atoms with van der Waals surface area (Å²) >= 11 is 0. The summed E-state index contributed by atoms with van der Waals surface area (Å²) in [6.07, 6.45) is 0. The lowest BCUT2D eigenvalue weighted by Crippen LogP contribution is -2.24. The topological polar surface area (TPSA) is 39.7 Å². The zero-order valence-electron chi connectivity index (χ0n) is 10.7. The van der Waals surface area contributed by atoms with Gasteiger partial charge >= 0.3 is 0 Å². The van der Waals surface area contributed by atoms with Gasteiger partial charge in [0.1, 0.15) is 6.61 Å². The quantitative estimate of drug-likeness (QED) is 0.644. The SMILES string of the molecule is COCCNCCOCCOc1ccccc1F. The fourth-order valence-corrected chi connectivity index (χ4v) is 1.32. The lowest BCUT2D eigenvalue weighted by molar-refractivity contribution is 0.0989. The number of halogens is 1. The molecule has 0 atom stereocenters. The van der Waals surface area contributed by atoms with Gasteiger partial charge in [-0.3, -0.25) is 0 Å². The number of para-hydroxylation sites is 1. The molecule has 1 aromatic carbocycles. The van der Waals surface area contributed by atoms with E-state index in [1.54, 1.807) is 25.3 Å². The van der Waals surface area contributed by atoms with Crippen LogP contribution in [0.4, 0.5) is 4.39 Å². The van der Waals surface area contributed by atoms with Crippen LogP contribution in [0.2, 0.25) is 0 Å². The molecule has 0 unspecified atom stereocenters. The van der Waals surface area contributed by atoms with E-state index >= 15 is 0 Å². The Labute approximate surface area is 107 Å². The van der Waals surface area contributed by atoms with Crippen molar-refractivity contribution < 1.29 is 18.6 Å². The first kappa shape index (κ1) is 14.9. The van der Waals surface area contributed by atoms with Crippen LogP contribution in [-0.2, 0) is 9.47 Å². The fourth-order valence-electron chi connectivity index (χ4n) is 1.32. The second kappa shape index (κ2) is 9.82. The minimum absolute atomic E-state index is 0.263. The molecule has 0 aliphatic carbocycles. The molecule has 0 saturated carbocycles. The monoisotopic (exact) mass is 257 g/mol. The minimum Gasteiger partial charge on any atom is -0.488 e. The van der Waals surface area contributed by atoms with Gasteiger partial charge in [-0.05, 0) is 12.1 Å². The smallest absolute Gasteiger partial charge is 0.165 e. The molecule has 0 radical (unpaired) electrons. The van der Waals surface area contributed by atoms with Crippen LogP contribution in [0.3, 0.4) is 0 Å². The lowest BCUT2D eigenvalue weighted by atomic mass is 10.3. The molecule has 1 N–H and O–H groups in total. The van der Waals surface area contributed by atoms with Gasteiger partial charge in [0.2, 0.25) is 0 Å². The Morgan fingerprint density at radius 3 is 2.61 bits per heavy atom. The summed E-state index contributed by atoms with van der Waals surface area (Å²) in [5.74, 6) is -0.0851. The number of rotatable bonds is 10. The zero-order valence-corrected chi connectivity index (χ0v) is 10.7. The maximum absolute atomic E-state index is 13.2. The number of hydrogen-bond acceptors (Lipinski definition) is 4. The Kier molecular flexibility index (Phi) is 8.12. The molecule has 0 saturated heterocycles. The maximum atomic E-state index is 13.2. The molecule has 0 heterocycles. The van der Waals surface area contributed by atoms with E-state index in [9.17, 15) is 4.39 Å². The molecule has 0 aliphatic heterocycles. The Hall–Kier alpha value is -1.17. The number of benzene rings is 1. The molecule has 1 rings (SSSR count). The molecule has 1 aromatic rings. The summed E-state index contributed by atoms with van der Waals surface area (Å²) < 4.78 is 28.6. The number of nitrogens with one attached hydrogen (secondary N) is 1. The van der Waals surface area contributed by atoms with Crippen LogP contribution in [0.1, 0.15) is 0 Å². The van der Waals surface area contributed by atoms with Gasteiger partial charge < -0.3 is 19.5 Å². The zero-order chi connectivity index (χ0) is 13.1. The van der Waals surface area contributed by atoms with E-state index in [1.165, 1.54) is 6.07 Å². The predicted octanol–water partition coefficient (Wildman–Crippen LogP) is 1.46. The fraction of sp³-hybridized carbons (Fsp3) is 0.538. The van der Waals surface area contributed by atoms with E-state index < -0.39 is 0 Å². The summed E-state index contributed by atoms with van der Waals surface area (Å²) in [5, 5.41) is 3.15. The molecule has 5 heteroatoms. The highest BCUT2D eigenvalue weighted by Crippen LogP contribution is 2.14. The Morgan fingerprint density at radius 1 is 1.06 bits per heavy atom. The van der Waals surface area contributed by atoms with E-state index in [2.05, 4.69) is 5.32 Å². The molecule has 0 fully saturated rings. The molecular formula is C13H20FNO3. The summed E-state index contributed by atoms with van der Waals surface area (Å²) in [5.41, 5.74) is 0. The average Bonchev–Trinajstić information content (AvgIpc) is 2.39. The Morgan fingerprint density at radius 2 is 1.83 bits per heavy atom. The first-order valence-electron chi connectivity index (χ1n) is 5.99. The van der Waals surface area contributed by atoms with E-state index in [-0.39, 0.29) is 11.6 Å². The highest BCUT2D eigenvalue weighted by atomic mass is 19.1. The third-order valence-electron chi connectivity index (χ3n) is 2.23. The van der Waals surface area contributed by atoms with Crippen LogP contribution < -0.4 is 10.1 Å². The van der Waals surface area contributed by atoms with Crippen LogP contribution in [0.15, 0.2) is 24.3 Å². The van der Waals surface area contributed by atoms with Crippen LogP contribution in [0.25, 0.3) is 0 Å². The summed E-state index contributed by atoms with van der Waals surface area (Å²) in [7, 11) is 1.66. The van der Waals surface area contributed by atoms with Crippen molar-refractivity contribution in [3.8, 4) is 5.75 Å².